The Balaban J connectivity index is 1.45. The zero-order valence-corrected chi connectivity index (χ0v) is 15.6. The molecule has 2 aliphatic rings. The van der Waals surface area contributed by atoms with Gasteiger partial charge >= 0.3 is 11.6 Å². The summed E-state index contributed by atoms with van der Waals surface area (Å²) in [7, 11) is 0. The van der Waals surface area contributed by atoms with E-state index in [4.69, 9.17) is 9.15 Å². The fourth-order valence-electron chi connectivity index (χ4n) is 4.18. The van der Waals surface area contributed by atoms with Gasteiger partial charge < -0.3 is 9.15 Å². The molecule has 1 aliphatic carbocycles. The Morgan fingerprint density at radius 2 is 1.79 bits per heavy atom. The topological polar surface area (TPSA) is 93.9 Å². The standard InChI is InChI=1S/C21H21NO6/c1-12-6-7-14-13(9-18(23)28-17(14)8-12)11-27-19(24)10-22-20(25)15-4-2-3-5-16(15)21(22)26/h6-9,15-16H,2-5,10-11H2,1H3/t15-,16-/m0/s1. The van der Waals surface area contributed by atoms with Crippen molar-refractivity contribution < 1.29 is 23.5 Å². The summed E-state index contributed by atoms with van der Waals surface area (Å²) < 4.78 is 10.5. The van der Waals surface area contributed by atoms with E-state index in [0.717, 1.165) is 23.3 Å². The normalized spacial score (nSPS) is 21.8. The number of nitrogens with zero attached hydrogens (tertiary/aromatic N) is 1. The number of ether oxygens (including phenoxy) is 1. The van der Waals surface area contributed by atoms with Crippen LogP contribution < -0.4 is 5.63 Å². The summed E-state index contributed by atoms with van der Waals surface area (Å²) in [6.07, 6.45) is 3.27. The second-order valence-electron chi connectivity index (χ2n) is 7.51. The molecule has 4 rings (SSSR count). The van der Waals surface area contributed by atoms with Crippen molar-refractivity contribution in [1.29, 1.82) is 0 Å². The third-order valence-electron chi connectivity index (χ3n) is 5.59. The van der Waals surface area contributed by atoms with E-state index in [0.29, 0.717) is 29.4 Å². The van der Waals surface area contributed by atoms with Crippen LogP contribution in [0, 0.1) is 18.8 Å². The van der Waals surface area contributed by atoms with Crippen LogP contribution in [0.1, 0.15) is 36.8 Å². The van der Waals surface area contributed by atoms with Gasteiger partial charge in [-0.25, -0.2) is 4.79 Å². The SMILES string of the molecule is Cc1ccc2c(COC(=O)CN3C(=O)[C@H]4CCCC[C@@H]4C3=O)cc(=O)oc2c1. The lowest BCUT2D eigenvalue weighted by Crippen LogP contribution is -2.36. The number of carbonyl (C=O) groups excluding carboxylic acids is 3. The van der Waals surface area contributed by atoms with Crippen molar-refractivity contribution in [2.24, 2.45) is 11.8 Å². The Hall–Kier alpha value is -2.96. The summed E-state index contributed by atoms with van der Waals surface area (Å²) in [5, 5.41) is 0.678. The summed E-state index contributed by atoms with van der Waals surface area (Å²) in [6.45, 7) is 1.37. The van der Waals surface area contributed by atoms with Crippen LogP contribution in [0.5, 0.6) is 0 Å². The van der Waals surface area contributed by atoms with Gasteiger partial charge in [-0.1, -0.05) is 25.0 Å². The first-order chi connectivity index (χ1) is 13.4. The number of benzene rings is 1. The Labute approximate surface area is 161 Å². The van der Waals surface area contributed by atoms with Crippen LogP contribution in [0.4, 0.5) is 0 Å². The second-order valence-corrected chi connectivity index (χ2v) is 7.51. The fraction of sp³-hybridized carbons (Fsp3) is 0.429. The maximum Gasteiger partial charge on any atom is 0.336 e. The number of fused-ring (bicyclic) bond motifs is 2. The molecule has 1 aromatic heterocycles. The molecule has 2 atom stereocenters. The highest BCUT2D eigenvalue weighted by Gasteiger charge is 2.48. The molecule has 0 bridgehead atoms. The van der Waals surface area contributed by atoms with E-state index in [1.54, 1.807) is 12.1 Å². The van der Waals surface area contributed by atoms with E-state index < -0.39 is 11.6 Å². The van der Waals surface area contributed by atoms with Crippen LogP contribution in [0.3, 0.4) is 0 Å². The van der Waals surface area contributed by atoms with Crippen LogP contribution >= 0.6 is 0 Å². The molecule has 1 saturated heterocycles. The van der Waals surface area contributed by atoms with Crippen LogP contribution in [-0.4, -0.2) is 29.2 Å². The lowest BCUT2D eigenvalue weighted by atomic mass is 9.81. The minimum atomic E-state index is -0.672. The second kappa shape index (κ2) is 7.22. The predicted molar refractivity (Wildman–Crippen MR) is 99.2 cm³/mol. The number of amides is 2. The molecular weight excluding hydrogens is 362 g/mol. The molecule has 2 fully saturated rings. The van der Waals surface area contributed by atoms with Crippen molar-refractivity contribution in [3.05, 3.63) is 45.8 Å². The largest absolute Gasteiger partial charge is 0.459 e. The molecule has 28 heavy (non-hydrogen) atoms. The Morgan fingerprint density at radius 3 is 2.46 bits per heavy atom. The molecule has 1 aromatic carbocycles. The van der Waals surface area contributed by atoms with Gasteiger partial charge in [0.05, 0.1) is 11.8 Å². The van der Waals surface area contributed by atoms with Crippen LogP contribution in [0.2, 0.25) is 0 Å². The molecule has 2 heterocycles. The van der Waals surface area contributed by atoms with Gasteiger partial charge in [0.2, 0.25) is 11.8 Å². The molecule has 1 aliphatic heterocycles. The molecular formula is C21H21NO6. The van der Waals surface area contributed by atoms with Crippen LogP contribution in [-0.2, 0) is 25.7 Å². The first kappa shape index (κ1) is 18.4. The summed E-state index contributed by atoms with van der Waals surface area (Å²) >= 11 is 0. The third kappa shape index (κ3) is 3.32. The predicted octanol–water partition coefficient (Wildman–Crippen LogP) is 2.32. The van der Waals surface area contributed by atoms with Crippen molar-refractivity contribution in [2.45, 2.75) is 39.2 Å². The van der Waals surface area contributed by atoms with Crippen molar-refractivity contribution in [2.75, 3.05) is 6.54 Å². The van der Waals surface area contributed by atoms with E-state index in [-0.39, 0.29) is 36.8 Å². The molecule has 7 nitrogen and oxygen atoms in total. The fourth-order valence-corrected chi connectivity index (χ4v) is 4.18. The average Bonchev–Trinajstić information content (AvgIpc) is 2.91. The average molecular weight is 383 g/mol. The van der Waals surface area contributed by atoms with Gasteiger partial charge in [-0.2, -0.15) is 0 Å². The molecule has 2 amide bonds. The quantitative estimate of drug-likeness (QED) is 0.457. The maximum absolute atomic E-state index is 12.5. The molecule has 0 N–H and O–H groups in total. The monoisotopic (exact) mass is 383 g/mol. The molecule has 2 aromatic rings. The zero-order chi connectivity index (χ0) is 19.8. The summed E-state index contributed by atoms with van der Waals surface area (Å²) in [5.74, 6) is -1.80. The first-order valence-electron chi connectivity index (χ1n) is 9.48. The van der Waals surface area contributed by atoms with Crippen LogP contribution in [0.25, 0.3) is 11.0 Å². The Kier molecular flexibility index (Phi) is 4.75. The van der Waals surface area contributed by atoms with E-state index in [1.165, 1.54) is 6.07 Å². The molecule has 0 spiro atoms. The third-order valence-corrected chi connectivity index (χ3v) is 5.59. The number of hydrogen-bond acceptors (Lipinski definition) is 6. The van der Waals surface area contributed by atoms with Gasteiger partial charge in [0, 0.05) is 17.0 Å². The van der Waals surface area contributed by atoms with Gasteiger partial charge in [-0.3, -0.25) is 19.3 Å². The van der Waals surface area contributed by atoms with E-state index >= 15 is 0 Å². The van der Waals surface area contributed by atoms with Gasteiger partial charge in [-0.15, -0.1) is 0 Å². The van der Waals surface area contributed by atoms with Crippen LogP contribution in [0.15, 0.2) is 33.5 Å². The number of carbonyl (C=O) groups is 3. The Morgan fingerprint density at radius 1 is 1.11 bits per heavy atom. The Bertz CT molecular complexity index is 999. The minimum Gasteiger partial charge on any atom is -0.459 e. The van der Waals surface area contributed by atoms with Gasteiger partial charge in [0.1, 0.15) is 18.7 Å². The summed E-state index contributed by atoms with van der Waals surface area (Å²) in [6, 6.07) is 6.70. The number of hydrogen-bond donors (Lipinski definition) is 0. The summed E-state index contributed by atoms with van der Waals surface area (Å²) in [5.41, 5.74) is 1.36. The zero-order valence-electron chi connectivity index (χ0n) is 15.6. The minimum absolute atomic E-state index is 0.132. The summed E-state index contributed by atoms with van der Waals surface area (Å²) in [4.78, 5) is 50.0. The van der Waals surface area contributed by atoms with Gasteiger partial charge in [0.15, 0.2) is 0 Å². The lowest BCUT2D eigenvalue weighted by molar-refractivity contribution is -0.153. The van der Waals surface area contributed by atoms with Crippen molar-refractivity contribution >= 4 is 28.8 Å². The maximum atomic E-state index is 12.5. The van der Waals surface area contributed by atoms with Gasteiger partial charge in [0.25, 0.3) is 0 Å². The van der Waals surface area contributed by atoms with Crippen molar-refractivity contribution in [3.8, 4) is 0 Å². The number of likely N-dealkylation sites (tertiary alicyclic amines) is 1. The number of esters is 1. The molecule has 0 unspecified atom stereocenters. The van der Waals surface area contributed by atoms with Crippen molar-refractivity contribution in [3.63, 3.8) is 0 Å². The highest BCUT2D eigenvalue weighted by Crippen LogP contribution is 2.37. The first-order valence-corrected chi connectivity index (χ1v) is 9.48. The van der Waals surface area contributed by atoms with E-state index in [2.05, 4.69) is 0 Å². The van der Waals surface area contributed by atoms with E-state index in [9.17, 15) is 19.2 Å². The highest BCUT2D eigenvalue weighted by molar-refractivity contribution is 6.07. The molecule has 7 heteroatoms. The number of rotatable bonds is 4. The number of aryl methyl sites for hydroxylation is 1. The van der Waals surface area contributed by atoms with Gasteiger partial charge in [-0.05, 0) is 31.4 Å². The number of imide groups is 1. The van der Waals surface area contributed by atoms with Crippen molar-refractivity contribution in [1.82, 2.24) is 4.90 Å². The highest BCUT2D eigenvalue weighted by atomic mass is 16.5. The lowest BCUT2D eigenvalue weighted by Gasteiger charge is -2.19. The molecule has 146 valence electrons. The van der Waals surface area contributed by atoms with E-state index in [1.807, 2.05) is 13.0 Å². The molecule has 1 saturated carbocycles. The molecule has 0 radical (unpaired) electrons. The smallest absolute Gasteiger partial charge is 0.336 e.